The van der Waals surface area contributed by atoms with Crippen molar-refractivity contribution in [3.8, 4) is 0 Å². The zero-order chi connectivity index (χ0) is 20.1. The van der Waals surface area contributed by atoms with E-state index in [1.807, 2.05) is 6.07 Å². The zero-order valence-corrected chi connectivity index (χ0v) is 16.5. The van der Waals surface area contributed by atoms with Crippen LogP contribution in [0.2, 0.25) is 0 Å². The van der Waals surface area contributed by atoms with Crippen molar-refractivity contribution in [1.29, 1.82) is 0 Å². The van der Waals surface area contributed by atoms with E-state index in [0.717, 1.165) is 17.1 Å². The quantitative estimate of drug-likeness (QED) is 0.602. The van der Waals surface area contributed by atoms with E-state index in [2.05, 4.69) is 36.5 Å². The Morgan fingerprint density at radius 1 is 1.29 bits per heavy atom. The summed E-state index contributed by atoms with van der Waals surface area (Å²) in [6.07, 6.45) is -1.90. The van der Waals surface area contributed by atoms with E-state index in [0.29, 0.717) is 31.6 Å². The number of carbonyl (C=O) groups excluding carboxylic acids is 1. The van der Waals surface area contributed by atoms with Crippen molar-refractivity contribution in [2.75, 3.05) is 30.3 Å². The molecule has 0 spiro atoms. The third-order valence-electron chi connectivity index (χ3n) is 4.24. The summed E-state index contributed by atoms with van der Waals surface area (Å²) < 4.78 is 40.6. The smallest absolute Gasteiger partial charge is 0.369 e. The maximum Gasteiger partial charge on any atom is 0.421 e. The fourth-order valence-electron chi connectivity index (χ4n) is 2.90. The summed E-state index contributed by atoms with van der Waals surface area (Å²) in [5.74, 6) is -0.130. The number of aromatic nitrogens is 2. The zero-order valence-electron chi connectivity index (χ0n) is 14.9. The number of benzene rings is 1. The van der Waals surface area contributed by atoms with E-state index < -0.39 is 11.7 Å². The Bertz CT molecular complexity index is 846. The van der Waals surface area contributed by atoms with Crippen molar-refractivity contribution in [2.24, 2.45) is 0 Å². The topological polar surface area (TPSA) is 70.2 Å². The van der Waals surface area contributed by atoms with Crippen molar-refractivity contribution in [3.63, 3.8) is 0 Å². The molecular weight excluding hydrogens is 439 g/mol. The van der Waals surface area contributed by atoms with Gasteiger partial charge in [0.2, 0.25) is 11.9 Å². The fraction of sp³-hybridized carbons (Fsp3) is 0.389. The van der Waals surface area contributed by atoms with Crippen LogP contribution >= 0.6 is 15.9 Å². The largest absolute Gasteiger partial charge is 0.421 e. The van der Waals surface area contributed by atoms with Gasteiger partial charge in [0, 0.05) is 42.4 Å². The van der Waals surface area contributed by atoms with Gasteiger partial charge in [-0.2, -0.15) is 18.2 Å². The lowest BCUT2D eigenvalue weighted by molar-refractivity contribution is -0.137. The number of nitrogens with zero attached hydrogens (tertiary/aromatic N) is 3. The molecular formula is C18H19BrF3N5O. The van der Waals surface area contributed by atoms with Gasteiger partial charge in [0.05, 0.1) is 0 Å². The molecule has 0 atom stereocenters. The minimum absolute atomic E-state index is 0.0586. The molecule has 1 aliphatic heterocycles. The number of nitrogens with one attached hydrogen (secondary N) is 2. The highest BCUT2D eigenvalue weighted by Crippen LogP contribution is 2.34. The number of alkyl halides is 3. The van der Waals surface area contributed by atoms with Crippen molar-refractivity contribution < 1.29 is 18.0 Å². The summed E-state index contributed by atoms with van der Waals surface area (Å²) in [5.41, 5.74) is -0.280. The van der Waals surface area contributed by atoms with Gasteiger partial charge < -0.3 is 15.5 Å². The molecule has 6 nitrogen and oxygen atoms in total. The molecule has 2 N–H and O–H groups in total. The van der Waals surface area contributed by atoms with E-state index >= 15 is 0 Å². The second kappa shape index (κ2) is 8.76. The molecule has 0 saturated carbocycles. The molecule has 0 radical (unpaired) electrons. The second-order valence-corrected chi connectivity index (χ2v) is 7.27. The summed E-state index contributed by atoms with van der Waals surface area (Å²) in [6, 6.07) is 7.14. The molecule has 1 saturated heterocycles. The van der Waals surface area contributed by atoms with Gasteiger partial charge in [-0.05, 0) is 31.0 Å². The molecule has 1 aromatic carbocycles. The molecule has 10 heteroatoms. The van der Waals surface area contributed by atoms with E-state index in [9.17, 15) is 18.0 Å². The molecule has 28 heavy (non-hydrogen) atoms. The average Bonchev–Trinajstić information content (AvgIpc) is 3.03. The Balaban J connectivity index is 1.68. The predicted octanol–water partition coefficient (Wildman–Crippen LogP) is 4.43. The van der Waals surface area contributed by atoms with Crippen LogP contribution in [0.25, 0.3) is 0 Å². The number of halogens is 4. The highest BCUT2D eigenvalue weighted by Gasteiger charge is 2.35. The first-order valence-corrected chi connectivity index (χ1v) is 9.61. The summed E-state index contributed by atoms with van der Waals surface area (Å²) in [6.45, 7) is 1.49. The Morgan fingerprint density at radius 2 is 2.11 bits per heavy atom. The van der Waals surface area contributed by atoms with Gasteiger partial charge in [0.1, 0.15) is 11.4 Å². The molecule has 150 valence electrons. The maximum atomic E-state index is 13.3. The molecule has 0 aliphatic carbocycles. The molecule has 1 aliphatic rings. The number of amides is 1. The van der Waals surface area contributed by atoms with Crippen LogP contribution in [0.5, 0.6) is 0 Å². The van der Waals surface area contributed by atoms with Crippen molar-refractivity contribution in [3.05, 3.63) is 40.5 Å². The Hall–Kier alpha value is -2.36. The van der Waals surface area contributed by atoms with Crippen LogP contribution in [0, 0.1) is 0 Å². The van der Waals surface area contributed by atoms with Crippen LogP contribution in [0.1, 0.15) is 24.8 Å². The lowest BCUT2D eigenvalue weighted by atomic mass is 10.3. The standard InChI is InChI=1S/C18H19BrF3N5O/c19-12-4-1-5-13(10-12)25-17-24-11-14(18(20,21)22)16(26-17)23-7-3-9-27-8-2-6-15(27)28/h1,4-5,10-11H,2-3,6-9H2,(H2,23,24,25,26). The molecule has 1 aromatic heterocycles. The predicted molar refractivity (Wildman–Crippen MR) is 103 cm³/mol. The number of hydrogen-bond donors (Lipinski definition) is 2. The van der Waals surface area contributed by atoms with Gasteiger partial charge in [-0.3, -0.25) is 4.79 Å². The van der Waals surface area contributed by atoms with Gasteiger partial charge in [-0.25, -0.2) is 4.98 Å². The van der Waals surface area contributed by atoms with Crippen LogP contribution in [0.15, 0.2) is 34.9 Å². The molecule has 2 aromatic rings. The number of hydrogen-bond acceptors (Lipinski definition) is 5. The fourth-order valence-corrected chi connectivity index (χ4v) is 3.30. The monoisotopic (exact) mass is 457 g/mol. The van der Waals surface area contributed by atoms with Gasteiger partial charge in [0.25, 0.3) is 0 Å². The number of rotatable bonds is 7. The van der Waals surface area contributed by atoms with Crippen LogP contribution < -0.4 is 10.6 Å². The summed E-state index contributed by atoms with van der Waals surface area (Å²) in [4.78, 5) is 21.1. The van der Waals surface area contributed by atoms with Crippen LogP contribution in [0.4, 0.5) is 30.6 Å². The molecule has 1 fully saturated rings. The van der Waals surface area contributed by atoms with Gasteiger partial charge in [-0.1, -0.05) is 22.0 Å². The summed E-state index contributed by atoms with van der Waals surface area (Å²) in [5, 5.41) is 5.63. The molecule has 1 amide bonds. The Labute approximate surface area is 168 Å². The van der Waals surface area contributed by atoms with E-state index in [1.165, 1.54) is 0 Å². The number of anilines is 3. The summed E-state index contributed by atoms with van der Waals surface area (Å²) >= 11 is 3.33. The van der Waals surface area contributed by atoms with Crippen molar-refractivity contribution in [2.45, 2.75) is 25.4 Å². The SMILES string of the molecule is O=C1CCCN1CCCNc1nc(Nc2cccc(Br)c2)ncc1C(F)(F)F. The maximum absolute atomic E-state index is 13.3. The third-order valence-corrected chi connectivity index (χ3v) is 4.74. The van der Waals surface area contributed by atoms with E-state index in [4.69, 9.17) is 0 Å². The molecule has 2 heterocycles. The minimum atomic E-state index is -4.57. The van der Waals surface area contributed by atoms with Gasteiger partial charge in [0.15, 0.2) is 0 Å². The first-order chi connectivity index (χ1) is 13.3. The van der Waals surface area contributed by atoms with Gasteiger partial charge in [-0.15, -0.1) is 0 Å². The third kappa shape index (κ3) is 5.34. The summed E-state index contributed by atoms with van der Waals surface area (Å²) in [7, 11) is 0. The molecule has 0 bridgehead atoms. The van der Waals surface area contributed by atoms with Crippen LogP contribution in [-0.2, 0) is 11.0 Å². The Kier molecular flexibility index (Phi) is 6.38. The minimum Gasteiger partial charge on any atom is -0.369 e. The highest BCUT2D eigenvalue weighted by atomic mass is 79.9. The lowest BCUT2D eigenvalue weighted by Gasteiger charge is -2.17. The lowest BCUT2D eigenvalue weighted by Crippen LogP contribution is -2.27. The Morgan fingerprint density at radius 3 is 2.79 bits per heavy atom. The van der Waals surface area contributed by atoms with Gasteiger partial charge >= 0.3 is 6.18 Å². The highest BCUT2D eigenvalue weighted by molar-refractivity contribution is 9.10. The van der Waals surface area contributed by atoms with Crippen LogP contribution in [-0.4, -0.2) is 40.4 Å². The number of carbonyl (C=O) groups is 1. The first kappa shape index (κ1) is 20.4. The molecule has 3 rings (SSSR count). The number of likely N-dealkylation sites (tertiary alicyclic amines) is 1. The van der Waals surface area contributed by atoms with Crippen LogP contribution in [0.3, 0.4) is 0 Å². The van der Waals surface area contributed by atoms with E-state index in [1.54, 1.807) is 23.1 Å². The van der Waals surface area contributed by atoms with Crippen molar-refractivity contribution in [1.82, 2.24) is 14.9 Å². The average molecular weight is 458 g/mol. The van der Waals surface area contributed by atoms with Crippen molar-refractivity contribution >= 4 is 39.3 Å². The normalized spacial score (nSPS) is 14.4. The first-order valence-electron chi connectivity index (χ1n) is 8.81. The second-order valence-electron chi connectivity index (χ2n) is 6.35. The molecule has 0 unspecified atom stereocenters. The van der Waals surface area contributed by atoms with E-state index in [-0.39, 0.29) is 24.2 Å².